The van der Waals surface area contributed by atoms with Crippen molar-refractivity contribution >= 4 is 27.7 Å². The Kier molecular flexibility index (Phi) is 5.52. The molecule has 2 N–H and O–H groups in total. The van der Waals surface area contributed by atoms with Gasteiger partial charge in [-0.3, -0.25) is 0 Å². The van der Waals surface area contributed by atoms with Crippen molar-refractivity contribution in [3.63, 3.8) is 0 Å². The van der Waals surface area contributed by atoms with Crippen molar-refractivity contribution in [1.82, 2.24) is 0 Å². The molecule has 0 spiro atoms. The van der Waals surface area contributed by atoms with Crippen LogP contribution in [0.3, 0.4) is 0 Å². The summed E-state index contributed by atoms with van der Waals surface area (Å²) in [6.07, 6.45) is 0.989. The van der Waals surface area contributed by atoms with E-state index < -0.39 is 0 Å². The fourth-order valence-corrected chi connectivity index (χ4v) is 2.31. The van der Waals surface area contributed by atoms with Gasteiger partial charge in [-0.25, -0.2) is 4.39 Å². The SMILES string of the molecule is NCCCSCc1ccc(Br)cc1F. The minimum absolute atomic E-state index is 0.139. The molecular formula is C10H13BrFNS. The zero-order valence-corrected chi connectivity index (χ0v) is 10.2. The third-order valence-electron chi connectivity index (χ3n) is 1.77. The molecule has 0 saturated carbocycles. The highest BCUT2D eigenvalue weighted by Gasteiger charge is 2.02. The van der Waals surface area contributed by atoms with Crippen LogP contribution in [0.2, 0.25) is 0 Å². The molecule has 0 radical (unpaired) electrons. The fraction of sp³-hybridized carbons (Fsp3) is 0.400. The molecule has 0 atom stereocenters. The molecule has 14 heavy (non-hydrogen) atoms. The Balaban J connectivity index is 2.42. The summed E-state index contributed by atoms with van der Waals surface area (Å²) in [4.78, 5) is 0. The number of benzene rings is 1. The van der Waals surface area contributed by atoms with Gasteiger partial charge in [0.05, 0.1) is 0 Å². The molecule has 1 aromatic rings. The first-order valence-electron chi connectivity index (χ1n) is 4.46. The summed E-state index contributed by atoms with van der Waals surface area (Å²) in [5.74, 6) is 1.57. The molecule has 0 fully saturated rings. The molecule has 78 valence electrons. The highest BCUT2D eigenvalue weighted by Crippen LogP contribution is 2.19. The van der Waals surface area contributed by atoms with E-state index in [4.69, 9.17) is 5.73 Å². The summed E-state index contributed by atoms with van der Waals surface area (Å²) in [5, 5.41) is 0. The van der Waals surface area contributed by atoms with Crippen LogP contribution < -0.4 is 5.73 Å². The minimum atomic E-state index is -0.139. The topological polar surface area (TPSA) is 26.0 Å². The van der Waals surface area contributed by atoms with E-state index in [1.807, 2.05) is 12.1 Å². The Labute approximate surface area is 96.4 Å². The highest BCUT2D eigenvalue weighted by molar-refractivity contribution is 9.10. The van der Waals surface area contributed by atoms with Gasteiger partial charge in [-0.15, -0.1) is 0 Å². The molecule has 0 aliphatic rings. The lowest BCUT2D eigenvalue weighted by atomic mass is 10.2. The predicted molar refractivity (Wildman–Crippen MR) is 63.9 cm³/mol. The molecule has 1 rings (SSSR count). The molecule has 0 aromatic heterocycles. The third kappa shape index (κ3) is 3.98. The molecule has 4 heteroatoms. The number of nitrogens with two attached hydrogens (primary N) is 1. The zero-order chi connectivity index (χ0) is 10.4. The van der Waals surface area contributed by atoms with Gasteiger partial charge in [-0.2, -0.15) is 11.8 Å². The summed E-state index contributed by atoms with van der Waals surface area (Å²) in [6, 6.07) is 5.18. The Morgan fingerprint density at radius 3 is 2.86 bits per heavy atom. The van der Waals surface area contributed by atoms with Gasteiger partial charge in [0, 0.05) is 10.2 Å². The molecule has 0 bridgehead atoms. The second-order valence-corrected chi connectivity index (χ2v) is 4.95. The average Bonchev–Trinajstić information content (AvgIpc) is 2.15. The van der Waals surface area contributed by atoms with Gasteiger partial charge in [0.1, 0.15) is 5.82 Å². The molecule has 1 nitrogen and oxygen atoms in total. The van der Waals surface area contributed by atoms with Crippen LogP contribution in [0, 0.1) is 5.82 Å². The van der Waals surface area contributed by atoms with Crippen molar-refractivity contribution in [2.75, 3.05) is 12.3 Å². The fourth-order valence-electron chi connectivity index (χ4n) is 1.01. The van der Waals surface area contributed by atoms with Crippen LogP contribution in [0.15, 0.2) is 22.7 Å². The molecule has 0 saturated heterocycles. The van der Waals surface area contributed by atoms with E-state index in [2.05, 4.69) is 15.9 Å². The van der Waals surface area contributed by atoms with Gasteiger partial charge in [0.25, 0.3) is 0 Å². The first-order valence-corrected chi connectivity index (χ1v) is 6.40. The van der Waals surface area contributed by atoms with Crippen molar-refractivity contribution in [2.24, 2.45) is 5.73 Å². The van der Waals surface area contributed by atoms with Crippen molar-refractivity contribution < 1.29 is 4.39 Å². The standard InChI is InChI=1S/C10H13BrFNS/c11-9-3-2-8(10(12)6-9)7-14-5-1-4-13/h2-3,6H,1,4-5,7,13H2. The molecule has 0 heterocycles. The van der Waals surface area contributed by atoms with Crippen LogP contribution in [-0.4, -0.2) is 12.3 Å². The van der Waals surface area contributed by atoms with Crippen molar-refractivity contribution in [2.45, 2.75) is 12.2 Å². The van der Waals surface area contributed by atoms with Crippen LogP contribution in [0.4, 0.5) is 4.39 Å². The molecule has 0 amide bonds. The van der Waals surface area contributed by atoms with E-state index in [0.29, 0.717) is 6.54 Å². The maximum absolute atomic E-state index is 13.3. The van der Waals surface area contributed by atoms with Crippen LogP contribution in [-0.2, 0) is 5.75 Å². The summed E-state index contributed by atoms with van der Waals surface area (Å²) in [6.45, 7) is 0.704. The molecule has 1 aromatic carbocycles. The first-order chi connectivity index (χ1) is 6.74. The Morgan fingerprint density at radius 1 is 1.43 bits per heavy atom. The van der Waals surface area contributed by atoms with E-state index in [-0.39, 0.29) is 5.82 Å². The first kappa shape index (κ1) is 12.0. The van der Waals surface area contributed by atoms with Gasteiger partial charge >= 0.3 is 0 Å². The van der Waals surface area contributed by atoms with Crippen LogP contribution in [0.5, 0.6) is 0 Å². The average molecular weight is 278 g/mol. The minimum Gasteiger partial charge on any atom is -0.330 e. The van der Waals surface area contributed by atoms with Crippen molar-refractivity contribution in [3.8, 4) is 0 Å². The Bertz CT molecular complexity index is 293. The van der Waals surface area contributed by atoms with Crippen LogP contribution in [0.25, 0.3) is 0 Å². The van der Waals surface area contributed by atoms with Gasteiger partial charge in [-0.05, 0) is 36.4 Å². The monoisotopic (exact) mass is 277 g/mol. The lowest BCUT2D eigenvalue weighted by Crippen LogP contribution is -1.99. The highest BCUT2D eigenvalue weighted by atomic mass is 79.9. The lowest BCUT2D eigenvalue weighted by molar-refractivity contribution is 0.616. The van der Waals surface area contributed by atoms with Gasteiger partial charge in [-0.1, -0.05) is 22.0 Å². The van der Waals surface area contributed by atoms with Crippen LogP contribution in [0.1, 0.15) is 12.0 Å². The Hall–Kier alpha value is -0.0600. The second-order valence-electron chi connectivity index (χ2n) is 2.93. The zero-order valence-electron chi connectivity index (χ0n) is 7.80. The van der Waals surface area contributed by atoms with E-state index in [0.717, 1.165) is 28.0 Å². The Morgan fingerprint density at radius 2 is 2.21 bits per heavy atom. The summed E-state index contributed by atoms with van der Waals surface area (Å²) < 4.78 is 14.1. The summed E-state index contributed by atoms with van der Waals surface area (Å²) >= 11 is 4.94. The van der Waals surface area contributed by atoms with E-state index in [9.17, 15) is 4.39 Å². The second kappa shape index (κ2) is 6.43. The quantitative estimate of drug-likeness (QED) is 0.837. The van der Waals surface area contributed by atoms with Gasteiger partial charge < -0.3 is 5.73 Å². The normalized spacial score (nSPS) is 10.5. The van der Waals surface area contributed by atoms with Gasteiger partial charge in [0.2, 0.25) is 0 Å². The van der Waals surface area contributed by atoms with E-state index >= 15 is 0 Å². The smallest absolute Gasteiger partial charge is 0.128 e. The number of rotatable bonds is 5. The van der Waals surface area contributed by atoms with E-state index in [1.165, 1.54) is 6.07 Å². The number of hydrogen-bond donors (Lipinski definition) is 1. The molecule has 0 aliphatic carbocycles. The molecular weight excluding hydrogens is 265 g/mol. The number of thioether (sulfide) groups is 1. The third-order valence-corrected chi connectivity index (χ3v) is 3.35. The largest absolute Gasteiger partial charge is 0.330 e. The van der Waals surface area contributed by atoms with E-state index in [1.54, 1.807) is 11.8 Å². The summed E-state index contributed by atoms with van der Waals surface area (Å²) in [7, 11) is 0. The van der Waals surface area contributed by atoms with Gasteiger partial charge in [0.15, 0.2) is 0 Å². The number of hydrogen-bond acceptors (Lipinski definition) is 2. The maximum Gasteiger partial charge on any atom is 0.128 e. The van der Waals surface area contributed by atoms with Crippen molar-refractivity contribution in [3.05, 3.63) is 34.1 Å². The molecule has 0 aliphatic heterocycles. The molecule has 0 unspecified atom stereocenters. The lowest BCUT2D eigenvalue weighted by Gasteiger charge is -2.03. The predicted octanol–water partition coefficient (Wildman–Crippen LogP) is 3.17. The number of halogens is 2. The maximum atomic E-state index is 13.3. The van der Waals surface area contributed by atoms with Crippen LogP contribution >= 0.6 is 27.7 Å². The van der Waals surface area contributed by atoms with Crippen molar-refractivity contribution in [1.29, 1.82) is 0 Å². The summed E-state index contributed by atoms with van der Waals surface area (Å²) in [5.41, 5.74) is 6.12.